The zero-order chi connectivity index (χ0) is 12.2. The fourth-order valence-corrected chi connectivity index (χ4v) is 1.68. The second-order valence-corrected chi connectivity index (χ2v) is 4.41. The highest BCUT2D eigenvalue weighted by Crippen LogP contribution is 2.29. The Balaban J connectivity index is 2.75. The smallest absolute Gasteiger partial charge is 0.293 e. The first kappa shape index (κ1) is 13.1. The van der Waals surface area contributed by atoms with Gasteiger partial charge in [0.1, 0.15) is 0 Å². The third kappa shape index (κ3) is 3.56. The normalized spacial score (nSPS) is 11.5. The van der Waals surface area contributed by atoms with E-state index in [1.807, 2.05) is 6.92 Å². The summed E-state index contributed by atoms with van der Waals surface area (Å²) in [4.78, 5) is 11.5. The van der Waals surface area contributed by atoms with E-state index < -0.39 is 11.7 Å². The monoisotopic (exact) mass is 248 g/mol. The fourth-order valence-electron chi connectivity index (χ4n) is 1.12. The highest BCUT2D eigenvalue weighted by Gasteiger charge is 2.30. The van der Waals surface area contributed by atoms with Gasteiger partial charge in [-0.1, -0.05) is 19.1 Å². The van der Waals surface area contributed by atoms with E-state index in [1.54, 1.807) is 0 Å². The number of Topliss-reactive ketones (excluding diaryl/α,β-unsaturated/α-hetero) is 1. The van der Waals surface area contributed by atoms with Crippen molar-refractivity contribution in [3.8, 4) is 0 Å². The number of benzene rings is 1. The molecule has 0 saturated heterocycles. The average molecular weight is 248 g/mol. The number of carbonyl (C=O) groups is 1. The predicted octanol–water partition coefficient (Wildman–Crippen LogP) is 3.64. The maximum absolute atomic E-state index is 12.2. The van der Waals surface area contributed by atoms with E-state index in [0.717, 1.165) is 17.9 Å². The predicted molar refractivity (Wildman–Crippen MR) is 58.8 cm³/mol. The minimum atomic E-state index is -4.35. The second-order valence-electron chi connectivity index (χ2n) is 3.14. The number of rotatable bonds is 4. The molecule has 0 aromatic heterocycles. The lowest BCUT2D eigenvalue weighted by molar-refractivity contribution is -0.137. The van der Waals surface area contributed by atoms with Crippen LogP contribution < -0.4 is 0 Å². The van der Waals surface area contributed by atoms with Crippen molar-refractivity contribution in [3.63, 3.8) is 0 Å². The van der Waals surface area contributed by atoms with Crippen molar-refractivity contribution in [1.29, 1.82) is 0 Å². The molecule has 0 atom stereocenters. The number of alkyl halides is 3. The number of carbonyl (C=O) groups excluding carboxylic acids is 1. The molecule has 0 amide bonds. The number of hydrogen-bond acceptors (Lipinski definition) is 2. The van der Waals surface area contributed by atoms with Gasteiger partial charge in [0.25, 0.3) is 0 Å². The van der Waals surface area contributed by atoms with E-state index in [-0.39, 0.29) is 5.78 Å². The lowest BCUT2D eigenvalue weighted by atomic mass is 10.1. The van der Waals surface area contributed by atoms with Crippen molar-refractivity contribution in [2.45, 2.75) is 13.1 Å². The molecule has 0 heterocycles. The summed E-state index contributed by atoms with van der Waals surface area (Å²) < 4.78 is 36.7. The molecular formula is C11H11F3OS. The Morgan fingerprint density at radius 3 is 2.25 bits per heavy atom. The van der Waals surface area contributed by atoms with Gasteiger partial charge in [-0.2, -0.15) is 24.9 Å². The van der Waals surface area contributed by atoms with Crippen LogP contribution in [0.3, 0.4) is 0 Å². The molecule has 88 valence electrons. The van der Waals surface area contributed by atoms with Crippen LogP contribution in [0.1, 0.15) is 22.8 Å². The van der Waals surface area contributed by atoms with Gasteiger partial charge >= 0.3 is 6.18 Å². The quantitative estimate of drug-likeness (QED) is 0.757. The molecule has 1 rings (SSSR count). The van der Waals surface area contributed by atoms with Gasteiger partial charge in [0.15, 0.2) is 5.78 Å². The van der Waals surface area contributed by atoms with Crippen LogP contribution >= 0.6 is 11.8 Å². The molecule has 0 N–H and O–H groups in total. The van der Waals surface area contributed by atoms with E-state index in [0.29, 0.717) is 11.3 Å². The molecule has 0 spiro atoms. The van der Waals surface area contributed by atoms with Crippen LogP contribution in [0.15, 0.2) is 24.3 Å². The Labute approximate surface area is 96.0 Å². The lowest BCUT2D eigenvalue weighted by Gasteiger charge is -2.06. The third-order valence-corrected chi connectivity index (χ3v) is 2.85. The summed E-state index contributed by atoms with van der Waals surface area (Å²) in [5, 5.41) is 0. The number of ketones is 1. The van der Waals surface area contributed by atoms with Crippen LogP contribution in [0.2, 0.25) is 0 Å². The largest absolute Gasteiger partial charge is 0.416 e. The number of hydrogen-bond donors (Lipinski definition) is 0. The first-order valence-electron chi connectivity index (χ1n) is 4.73. The molecule has 1 nitrogen and oxygen atoms in total. The highest BCUT2D eigenvalue weighted by atomic mass is 32.2. The maximum Gasteiger partial charge on any atom is 0.416 e. The van der Waals surface area contributed by atoms with Gasteiger partial charge in [0.05, 0.1) is 11.3 Å². The van der Waals surface area contributed by atoms with E-state index in [1.165, 1.54) is 23.9 Å². The van der Waals surface area contributed by atoms with E-state index >= 15 is 0 Å². The molecule has 0 aliphatic rings. The van der Waals surface area contributed by atoms with Crippen LogP contribution in [-0.4, -0.2) is 17.3 Å². The van der Waals surface area contributed by atoms with Crippen LogP contribution in [0.5, 0.6) is 0 Å². The molecule has 0 radical (unpaired) electrons. The summed E-state index contributed by atoms with van der Waals surface area (Å²) in [6, 6.07) is 4.32. The van der Waals surface area contributed by atoms with Crippen molar-refractivity contribution in [3.05, 3.63) is 35.4 Å². The second kappa shape index (κ2) is 5.39. The zero-order valence-electron chi connectivity index (χ0n) is 8.67. The van der Waals surface area contributed by atoms with E-state index in [4.69, 9.17) is 0 Å². The van der Waals surface area contributed by atoms with Crippen LogP contribution in [0, 0.1) is 0 Å². The van der Waals surface area contributed by atoms with Gasteiger partial charge in [-0.25, -0.2) is 0 Å². The molecule has 0 aliphatic heterocycles. The van der Waals surface area contributed by atoms with Gasteiger partial charge in [-0.3, -0.25) is 4.79 Å². The Hall–Kier alpha value is -0.970. The lowest BCUT2D eigenvalue weighted by Crippen LogP contribution is -2.07. The molecule has 0 unspecified atom stereocenters. The molecule has 1 aromatic carbocycles. The minimum absolute atomic E-state index is 0.138. The van der Waals surface area contributed by atoms with Crippen molar-refractivity contribution >= 4 is 17.5 Å². The standard InChI is InChI=1S/C11H11F3OS/c1-2-16-7-10(15)8-3-5-9(6-4-8)11(12,13)14/h3-6H,2,7H2,1H3. The zero-order valence-corrected chi connectivity index (χ0v) is 9.49. The molecule has 0 fully saturated rings. The van der Waals surface area contributed by atoms with Crippen LogP contribution in [0.4, 0.5) is 13.2 Å². The number of halogens is 3. The summed E-state index contributed by atoms with van der Waals surface area (Å²) in [5.74, 6) is 0.981. The minimum Gasteiger partial charge on any atom is -0.293 e. The topological polar surface area (TPSA) is 17.1 Å². The van der Waals surface area contributed by atoms with Crippen molar-refractivity contribution < 1.29 is 18.0 Å². The van der Waals surface area contributed by atoms with Gasteiger partial charge < -0.3 is 0 Å². The fraction of sp³-hybridized carbons (Fsp3) is 0.364. The van der Waals surface area contributed by atoms with Gasteiger partial charge in [-0.15, -0.1) is 0 Å². The van der Waals surface area contributed by atoms with Gasteiger partial charge in [0, 0.05) is 5.56 Å². The summed E-state index contributed by atoms with van der Waals surface area (Å²) in [5.41, 5.74) is -0.402. The molecule has 0 aliphatic carbocycles. The number of thioether (sulfide) groups is 1. The first-order chi connectivity index (χ1) is 7.45. The molecule has 0 bridgehead atoms. The Kier molecular flexibility index (Phi) is 4.41. The Morgan fingerprint density at radius 1 is 1.25 bits per heavy atom. The third-order valence-electron chi connectivity index (χ3n) is 1.97. The Bertz CT molecular complexity index is 356. The molecule has 5 heteroatoms. The van der Waals surface area contributed by atoms with Crippen molar-refractivity contribution in [2.75, 3.05) is 11.5 Å². The summed E-state index contributed by atoms with van der Waals surface area (Å²) in [6.45, 7) is 1.92. The van der Waals surface area contributed by atoms with Crippen molar-refractivity contribution in [1.82, 2.24) is 0 Å². The van der Waals surface area contributed by atoms with Crippen LogP contribution in [-0.2, 0) is 6.18 Å². The molecule has 16 heavy (non-hydrogen) atoms. The average Bonchev–Trinajstić information content (AvgIpc) is 2.25. The van der Waals surface area contributed by atoms with E-state index in [2.05, 4.69) is 0 Å². The van der Waals surface area contributed by atoms with E-state index in [9.17, 15) is 18.0 Å². The molecular weight excluding hydrogens is 237 g/mol. The highest BCUT2D eigenvalue weighted by molar-refractivity contribution is 7.99. The first-order valence-corrected chi connectivity index (χ1v) is 5.89. The SMILES string of the molecule is CCSCC(=O)c1ccc(C(F)(F)F)cc1. The summed E-state index contributed by atoms with van der Waals surface area (Å²) in [7, 11) is 0. The maximum atomic E-state index is 12.2. The summed E-state index contributed by atoms with van der Waals surface area (Å²) >= 11 is 1.45. The van der Waals surface area contributed by atoms with Crippen LogP contribution in [0.25, 0.3) is 0 Å². The Morgan fingerprint density at radius 2 is 1.81 bits per heavy atom. The molecule has 0 saturated carbocycles. The summed E-state index contributed by atoms with van der Waals surface area (Å²) in [6.07, 6.45) is -4.35. The molecule has 1 aromatic rings. The van der Waals surface area contributed by atoms with Crippen molar-refractivity contribution in [2.24, 2.45) is 0 Å². The van der Waals surface area contributed by atoms with Gasteiger partial charge in [-0.05, 0) is 17.9 Å². The van der Waals surface area contributed by atoms with Gasteiger partial charge in [0.2, 0.25) is 0 Å².